The number of aromatic nitrogens is 3. The molecule has 0 atom stereocenters. The van der Waals surface area contributed by atoms with Crippen LogP contribution < -0.4 is 5.32 Å². The van der Waals surface area contributed by atoms with Crippen LogP contribution >= 0.6 is 0 Å². The van der Waals surface area contributed by atoms with Gasteiger partial charge in [-0.05, 0) is 24.3 Å². The Bertz CT molecular complexity index is 895. The minimum absolute atomic E-state index is 0.331. The highest BCUT2D eigenvalue weighted by Gasteiger charge is 2.07. The number of fused-ring (bicyclic) bond motifs is 2. The van der Waals surface area contributed by atoms with E-state index in [1.54, 1.807) is 6.07 Å². The van der Waals surface area contributed by atoms with Crippen molar-refractivity contribution in [2.45, 2.75) is 6.54 Å². The molecule has 1 aromatic carbocycles. The molecular weight excluding hydrogens is 271 g/mol. The highest BCUT2D eigenvalue weighted by atomic mass is 19.1. The topological polar surface area (TPSA) is 55.4 Å². The number of hydrogen-bond acceptors (Lipinski definition) is 4. The predicted molar refractivity (Wildman–Crippen MR) is 76.5 cm³/mol. The Labute approximate surface area is 119 Å². The number of hydrogen-bond donors (Lipinski definition) is 1. The highest BCUT2D eigenvalue weighted by Crippen LogP contribution is 2.20. The Kier molecular flexibility index (Phi) is 2.60. The smallest absolute Gasteiger partial charge is 0.296 e. The normalized spacial score (nSPS) is 11.3. The summed E-state index contributed by atoms with van der Waals surface area (Å²) in [6.45, 7) is 0.483. The fourth-order valence-electron chi connectivity index (χ4n) is 2.21. The van der Waals surface area contributed by atoms with E-state index in [2.05, 4.69) is 15.3 Å². The van der Waals surface area contributed by atoms with Gasteiger partial charge >= 0.3 is 0 Å². The third kappa shape index (κ3) is 2.20. The molecule has 0 saturated heterocycles. The molecule has 0 radical (unpaired) electrons. The van der Waals surface area contributed by atoms with Crippen LogP contribution in [0, 0.1) is 5.82 Å². The molecule has 0 unspecified atom stereocenters. The Balaban J connectivity index is 1.57. The molecule has 0 saturated carbocycles. The standard InChI is InChI=1S/C15H11FN4O/c16-10-4-5-13-12(7-10)19-15(21-13)17-8-11-9-20-6-2-1-3-14(20)18-11/h1-7,9H,8H2,(H,17,19). The number of nitrogens with one attached hydrogen (secondary N) is 1. The van der Waals surface area contributed by atoms with Crippen molar-refractivity contribution in [2.24, 2.45) is 0 Å². The summed E-state index contributed by atoms with van der Waals surface area (Å²) < 4.78 is 20.5. The van der Waals surface area contributed by atoms with Gasteiger partial charge in [-0.15, -0.1) is 0 Å². The van der Waals surface area contributed by atoms with Gasteiger partial charge in [0.05, 0.1) is 12.2 Å². The monoisotopic (exact) mass is 282 g/mol. The average Bonchev–Trinajstić information content (AvgIpc) is 3.07. The van der Waals surface area contributed by atoms with Crippen molar-refractivity contribution in [3.63, 3.8) is 0 Å². The van der Waals surface area contributed by atoms with E-state index in [0.29, 0.717) is 23.7 Å². The molecule has 0 aliphatic carbocycles. The quantitative estimate of drug-likeness (QED) is 0.627. The third-order valence-electron chi connectivity index (χ3n) is 3.18. The van der Waals surface area contributed by atoms with Crippen molar-refractivity contribution in [1.29, 1.82) is 0 Å². The zero-order valence-electron chi connectivity index (χ0n) is 11.0. The Morgan fingerprint density at radius 1 is 1.19 bits per heavy atom. The van der Waals surface area contributed by atoms with E-state index in [1.165, 1.54) is 12.1 Å². The summed E-state index contributed by atoms with van der Waals surface area (Å²) in [6, 6.07) is 10.4. The molecule has 0 bridgehead atoms. The van der Waals surface area contributed by atoms with Crippen molar-refractivity contribution in [1.82, 2.24) is 14.4 Å². The zero-order chi connectivity index (χ0) is 14.2. The van der Waals surface area contributed by atoms with Crippen LogP contribution in [0.4, 0.5) is 10.4 Å². The van der Waals surface area contributed by atoms with E-state index in [4.69, 9.17) is 4.42 Å². The van der Waals surface area contributed by atoms with E-state index in [9.17, 15) is 4.39 Å². The summed E-state index contributed by atoms with van der Waals surface area (Å²) in [7, 11) is 0. The average molecular weight is 282 g/mol. The van der Waals surface area contributed by atoms with Gasteiger partial charge in [0.15, 0.2) is 5.58 Å². The second-order valence-electron chi connectivity index (χ2n) is 4.68. The number of benzene rings is 1. The molecule has 5 nitrogen and oxygen atoms in total. The second kappa shape index (κ2) is 4.59. The van der Waals surface area contributed by atoms with Gasteiger partial charge in [-0.1, -0.05) is 6.07 Å². The molecule has 6 heteroatoms. The van der Waals surface area contributed by atoms with Crippen LogP contribution in [0.3, 0.4) is 0 Å². The predicted octanol–water partition coefficient (Wildman–Crippen LogP) is 3.23. The van der Waals surface area contributed by atoms with Crippen LogP contribution in [0.2, 0.25) is 0 Å². The number of anilines is 1. The van der Waals surface area contributed by atoms with Crippen molar-refractivity contribution < 1.29 is 8.81 Å². The van der Waals surface area contributed by atoms with Crippen LogP contribution in [-0.4, -0.2) is 14.4 Å². The molecule has 1 N–H and O–H groups in total. The highest BCUT2D eigenvalue weighted by molar-refractivity contribution is 5.74. The van der Waals surface area contributed by atoms with Gasteiger partial charge in [0, 0.05) is 18.5 Å². The number of pyridine rings is 1. The zero-order valence-corrected chi connectivity index (χ0v) is 11.0. The molecule has 3 aromatic heterocycles. The summed E-state index contributed by atoms with van der Waals surface area (Å²) >= 11 is 0. The molecule has 0 amide bonds. The first kappa shape index (κ1) is 11.9. The fraction of sp³-hybridized carbons (Fsp3) is 0.0667. The third-order valence-corrected chi connectivity index (χ3v) is 3.18. The van der Waals surface area contributed by atoms with E-state index in [1.807, 2.05) is 35.0 Å². The van der Waals surface area contributed by atoms with E-state index in [0.717, 1.165) is 11.3 Å². The van der Waals surface area contributed by atoms with Crippen LogP contribution in [0.25, 0.3) is 16.7 Å². The van der Waals surface area contributed by atoms with Crippen LogP contribution in [-0.2, 0) is 6.54 Å². The van der Waals surface area contributed by atoms with Gasteiger partial charge in [-0.2, -0.15) is 4.98 Å². The molecule has 0 aliphatic rings. The molecule has 4 rings (SSSR count). The van der Waals surface area contributed by atoms with Gasteiger partial charge < -0.3 is 14.1 Å². The van der Waals surface area contributed by atoms with Gasteiger partial charge in [0.1, 0.15) is 17.0 Å². The van der Waals surface area contributed by atoms with Crippen molar-refractivity contribution in [2.75, 3.05) is 5.32 Å². The van der Waals surface area contributed by atoms with E-state index < -0.39 is 0 Å². The lowest BCUT2D eigenvalue weighted by atomic mass is 10.3. The molecular formula is C15H11FN4O. The van der Waals surface area contributed by atoms with E-state index >= 15 is 0 Å². The number of nitrogens with zero attached hydrogens (tertiary/aromatic N) is 3. The largest absolute Gasteiger partial charge is 0.424 e. The SMILES string of the molecule is Fc1ccc2oc(NCc3cn4ccccc4n3)nc2c1. The maximum Gasteiger partial charge on any atom is 0.296 e. The van der Waals surface area contributed by atoms with Gasteiger partial charge in [0.2, 0.25) is 0 Å². The Hall–Kier alpha value is -2.89. The van der Waals surface area contributed by atoms with E-state index in [-0.39, 0.29) is 5.82 Å². The fourth-order valence-corrected chi connectivity index (χ4v) is 2.21. The molecule has 3 heterocycles. The van der Waals surface area contributed by atoms with Crippen molar-refractivity contribution >= 4 is 22.8 Å². The van der Waals surface area contributed by atoms with Gasteiger partial charge in [-0.25, -0.2) is 9.37 Å². The van der Waals surface area contributed by atoms with Crippen molar-refractivity contribution in [3.8, 4) is 0 Å². The number of imidazole rings is 1. The molecule has 4 aromatic rings. The first-order valence-corrected chi connectivity index (χ1v) is 6.50. The summed E-state index contributed by atoms with van der Waals surface area (Å²) in [4.78, 5) is 8.66. The lowest BCUT2D eigenvalue weighted by Gasteiger charge is -1.96. The summed E-state index contributed by atoms with van der Waals surface area (Å²) in [5.74, 6) is -0.331. The number of oxazole rings is 1. The summed E-state index contributed by atoms with van der Waals surface area (Å²) in [6.07, 6.45) is 3.87. The summed E-state index contributed by atoms with van der Waals surface area (Å²) in [5, 5.41) is 3.05. The Morgan fingerprint density at radius 2 is 2.14 bits per heavy atom. The van der Waals surface area contributed by atoms with Crippen LogP contribution in [0.15, 0.2) is 53.2 Å². The maximum absolute atomic E-state index is 13.1. The van der Waals surface area contributed by atoms with Crippen LogP contribution in [0.5, 0.6) is 0 Å². The molecule has 21 heavy (non-hydrogen) atoms. The van der Waals surface area contributed by atoms with Gasteiger partial charge in [-0.3, -0.25) is 0 Å². The first-order valence-electron chi connectivity index (χ1n) is 6.50. The summed E-state index contributed by atoms with van der Waals surface area (Å²) in [5.41, 5.74) is 2.80. The van der Waals surface area contributed by atoms with Crippen molar-refractivity contribution in [3.05, 3.63) is 60.3 Å². The van der Waals surface area contributed by atoms with Crippen LogP contribution in [0.1, 0.15) is 5.69 Å². The van der Waals surface area contributed by atoms with Gasteiger partial charge in [0.25, 0.3) is 6.01 Å². The molecule has 0 spiro atoms. The first-order chi connectivity index (χ1) is 10.3. The second-order valence-corrected chi connectivity index (χ2v) is 4.68. The maximum atomic E-state index is 13.1. The molecule has 0 aliphatic heterocycles. The number of halogens is 1. The lowest BCUT2D eigenvalue weighted by Crippen LogP contribution is -1.99. The Morgan fingerprint density at radius 3 is 3.05 bits per heavy atom. The number of rotatable bonds is 3. The molecule has 0 fully saturated rings. The molecule has 104 valence electrons. The minimum Gasteiger partial charge on any atom is -0.424 e. The lowest BCUT2D eigenvalue weighted by molar-refractivity contribution is 0.609. The minimum atomic E-state index is -0.331.